The maximum Gasteiger partial charge on any atom is 0.243 e. The first-order valence-corrected chi connectivity index (χ1v) is 10.3. The van der Waals surface area contributed by atoms with Gasteiger partial charge in [-0.25, -0.2) is 8.42 Å². The van der Waals surface area contributed by atoms with E-state index in [1.807, 2.05) is 24.8 Å². The van der Waals surface area contributed by atoms with Crippen LogP contribution in [0.15, 0.2) is 23.1 Å². The number of carbonyl (C=O) groups excluding carboxylic acids is 1. The Labute approximate surface area is 149 Å². The minimum Gasteiger partial charge on any atom is -0.379 e. The van der Waals surface area contributed by atoms with Crippen LogP contribution in [0.25, 0.3) is 0 Å². The van der Waals surface area contributed by atoms with Gasteiger partial charge >= 0.3 is 0 Å². The molecular formula is C18H26N2O4S. The first kappa shape index (κ1) is 18.4. The van der Waals surface area contributed by atoms with E-state index in [2.05, 4.69) is 0 Å². The minimum atomic E-state index is -3.50. The average Bonchev–Trinajstić information content (AvgIpc) is 2.61. The quantitative estimate of drug-likeness (QED) is 0.812. The molecule has 2 heterocycles. The molecule has 1 aromatic carbocycles. The van der Waals surface area contributed by atoms with Crippen LogP contribution in [0, 0.1) is 5.92 Å². The predicted octanol–water partition coefficient (Wildman–Crippen LogP) is 1.64. The molecule has 0 radical (unpaired) electrons. The van der Waals surface area contributed by atoms with Gasteiger partial charge in [0.2, 0.25) is 15.9 Å². The zero-order valence-electron chi connectivity index (χ0n) is 14.9. The Bertz CT molecular complexity index is 739. The third-order valence-electron chi connectivity index (χ3n) is 4.73. The molecule has 0 saturated carbocycles. The van der Waals surface area contributed by atoms with Crippen LogP contribution in [0.4, 0.5) is 0 Å². The average molecular weight is 366 g/mol. The Hall–Kier alpha value is -1.44. The molecule has 7 heteroatoms. The summed E-state index contributed by atoms with van der Waals surface area (Å²) in [6.45, 7) is 6.90. The van der Waals surface area contributed by atoms with Crippen LogP contribution in [0.1, 0.15) is 31.4 Å². The second-order valence-corrected chi connectivity index (χ2v) is 9.05. The Morgan fingerprint density at radius 2 is 1.88 bits per heavy atom. The molecule has 0 spiro atoms. The molecule has 138 valence electrons. The highest BCUT2D eigenvalue weighted by molar-refractivity contribution is 7.89. The summed E-state index contributed by atoms with van der Waals surface area (Å²) in [5.74, 6) is 0.462. The molecule has 6 nitrogen and oxygen atoms in total. The van der Waals surface area contributed by atoms with Gasteiger partial charge in [0.1, 0.15) is 0 Å². The van der Waals surface area contributed by atoms with E-state index in [-0.39, 0.29) is 5.91 Å². The molecule has 0 bridgehead atoms. The lowest BCUT2D eigenvalue weighted by Crippen LogP contribution is -2.41. The van der Waals surface area contributed by atoms with Crippen LogP contribution in [0.3, 0.4) is 0 Å². The summed E-state index contributed by atoms with van der Waals surface area (Å²) in [5.41, 5.74) is 2.08. The number of rotatable bonds is 4. The van der Waals surface area contributed by atoms with Crippen molar-refractivity contribution in [3.05, 3.63) is 29.3 Å². The number of sulfonamides is 1. The van der Waals surface area contributed by atoms with Gasteiger partial charge in [0.05, 0.1) is 18.1 Å². The van der Waals surface area contributed by atoms with Crippen LogP contribution >= 0.6 is 0 Å². The van der Waals surface area contributed by atoms with Gasteiger partial charge in [0.15, 0.2) is 0 Å². The molecule has 2 aliphatic heterocycles. The van der Waals surface area contributed by atoms with E-state index in [1.165, 1.54) is 4.31 Å². The molecule has 0 unspecified atom stereocenters. The molecule has 1 amide bonds. The maximum atomic E-state index is 12.8. The summed E-state index contributed by atoms with van der Waals surface area (Å²) in [7, 11) is -3.50. The van der Waals surface area contributed by atoms with Crippen LogP contribution < -0.4 is 0 Å². The van der Waals surface area contributed by atoms with Crippen molar-refractivity contribution in [1.82, 2.24) is 9.21 Å². The van der Waals surface area contributed by atoms with Crippen molar-refractivity contribution < 1.29 is 17.9 Å². The molecule has 1 saturated heterocycles. The van der Waals surface area contributed by atoms with E-state index >= 15 is 0 Å². The Balaban J connectivity index is 1.81. The lowest BCUT2D eigenvalue weighted by molar-refractivity contribution is -0.132. The van der Waals surface area contributed by atoms with E-state index in [0.717, 1.165) is 17.5 Å². The highest BCUT2D eigenvalue weighted by Gasteiger charge is 2.28. The third-order valence-corrected chi connectivity index (χ3v) is 6.63. The molecule has 1 aromatic rings. The fourth-order valence-electron chi connectivity index (χ4n) is 3.32. The zero-order valence-corrected chi connectivity index (χ0v) is 15.7. The standard InChI is InChI=1S/C18H26N2O4S/c1-14(2)11-18(21)19-6-5-15-3-4-17(12-16(15)13-19)25(22,23)20-7-9-24-10-8-20/h3-4,12,14H,5-11,13H2,1-2H3. The summed E-state index contributed by atoms with van der Waals surface area (Å²) in [5, 5.41) is 0. The maximum absolute atomic E-state index is 12.8. The SMILES string of the molecule is CC(C)CC(=O)N1CCc2ccc(S(=O)(=O)N3CCOCC3)cc2C1. The normalized spacial score (nSPS) is 19.1. The van der Waals surface area contributed by atoms with E-state index in [4.69, 9.17) is 4.74 Å². The lowest BCUT2D eigenvalue weighted by Gasteiger charge is -2.30. The van der Waals surface area contributed by atoms with E-state index in [0.29, 0.717) is 56.6 Å². The van der Waals surface area contributed by atoms with E-state index in [9.17, 15) is 13.2 Å². The molecule has 0 aliphatic carbocycles. The molecular weight excluding hydrogens is 340 g/mol. The topological polar surface area (TPSA) is 66.9 Å². The smallest absolute Gasteiger partial charge is 0.243 e. The van der Waals surface area contributed by atoms with E-state index < -0.39 is 10.0 Å². The van der Waals surface area contributed by atoms with Crippen molar-refractivity contribution >= 4 is 15.9 Å². The number of amides is 1. The number of fused-ring (bicyclic) bond motifs is 1. The van der Waals surface area contributed by atoms with E-state index in [1.54, 1.807) is 12.1 Å². The molecule has 1 fully saturated rings. The van der Waals surface area contributed by atoms with Crippen LogP contribution in [0.2, 0.25) is 0 Å². The number of benzene rings is 1. The first-order chi connectivity index (χ1) is 11.9. The molecule has 0 aromatic heterocycles. The van der Waals surface area contributed by atoms with Crippen molar-refractivity contribution in [2.24, 2.45) is 5.92 Å². The Morgan fingerprint density at radius 1 is 1.16 bits per heavy atom. The van der Waals surface area contributed by atoms with Gasteiger partial charge in [-0.3, -0.25) is 4.79 Å². The number of hydrogen-bond acceptors (Lipinski definition) is 4. The molecule has 2 aliphatic rings. The minimum absolute atomic E-state index is 0.141. The fourth-order valence-corrected chi connectivity index (χ4v) is 4.78. The third kappa shape index (κ3) is 4.04. The largest absolute Gasteiger partial charge is 0.379 e. The van der Waals surface area contributed by atoms with Gasteiger partial charge in [0.25, 0.3) is 0 Å². The predicted molar refractivity (Wildman–Crippen MR) is 94.6 cm³/mol. The van der Waals surface area contributed by atoms with Crippen molar-refractivity contribution in [2.45, 2.75) is 38.1 Å². The lowest BCUT2D eigenvalue weighted by atomic mass is 9.99. The van der Waals surface area contributed by atoms with Gasteiger partial charge in [-0.05, 0) is 35.6 Å². The van der Waals surface area contributed by atoms with Crippen molar-refractivity contribution in [1.29, 1.82) is 0 Å². The highest BCUT2D eigenvalue weighted by atomic mass is 32.2. The second kappa shape index (κ2) is 7.43. The molecule has 0 atom stereocenters. The monoisotopic (exact) mass is 366 g/mol. The summed E-state index contributed by atoms with van der Waals surface area (Å²) in [6, 6.07) is 5.33. The van der Waals surface area contributed by atoms with Crippen LogP contribution in [0.5, 0.6) is 0 Å². The van der Waals surface area contributed by atoms with Gasteiger partial charge in [0, 0.05) is 32.6 Å². The van der Waals surface area contributed by atoms with Crippen molar-refractivity contribution in [3.63, 3.8) is 0 Å². The summed E-state index contributed by atoms with van der Waals surface area (Å²) < 4.78 is 32.4. The fraction of sp³-hybridized carbons (Fsp3) is 0.611. The second-order valence-electron chi connectivity index (χ2n) is 7.11. The molecule has 3 rings (SSSR count). The Kier molecular flexibility index (Phi) is 5.46. The first-order valence-electron chi connectivity index (χ1n) is 8.85. The Morgan fingerprint density at radius 3 is 2.56 bits per heavy atom. The van der Waals surface area contributed by atoms with Gasteiger partial charge in [-0.2, -0.15) is 4.31 Å². The summed E-state index contributed by atoms with van der Waals surface area (Å²) in [6.07, 6.45) is 1.30. The van der Waals surface area contributed by atoms with Gasteiger partial charge in [-0.15, -0.1) is 0 Å². The van der Waals surface area contributed by atoms with Crippen molar-refractivity contribution in [3.8, 4) is 0 Å². The zero-order chi connectivity index (χ0) is 18.0. The number of morpholine rings is 1. The van der Waals surface area contributed by atoms with Crippen LogP contribution in [-0.2, 0) is 32.5 Å². The number of nitrogens with zero attached hydrogens (tertiary/aromatic N) is 2. The number of hydrogen-bond donors (Lipinski definition) is 0. The number of ether oxygens (including phenoxy) is 1. The molecule has 25 heavy (non-hydrogen) atoms. The van der Waals surface area contributed by atoms with Gasteiger partial charge < -0.3 is 9.64 Å². The summed E-state index contributed by atoms with van der Waals surface area (Å²) in [4.78, 5) is 14.5. The number of carbonyl (C=O) groups is 1. The van der Waals surface area contributed by atoms with Crippen molar-refractivity contribution in [2.75, 3.05) is 32.8 Å². The van der Waals surface area contributed by atoms with Gasteiger partial charge in [-0.1, -0.05) is 19.9 Å². The van der Waals surface area contributed by atoms with Crippen LogP contribution in [-0.4, -0.2) is 56.4 Å². The highest BCUT2D eigenvalue weighted by Crippen LogP contribution is 2.25. The molecule has 0 N–H and O–H groups in total. The summed E-state index contributed by atoms with van der Waals surface area (Å²) >= 11 is 0.